The highest BCUT2D eigenvalue weighted by Crippen LogP contribution is 2.38. The molecule has 0 unspecified atom stereocenters. The van der Waals surface area contributed by atoms with Crippen molar-refractivity contribution < 1.29 is 9.59 Å². The molecule has 6 heteroatoms. The van der Waals surface area contributed by atoms with Gasteiger partial charge in [-0.15, -0.1) is 12.4 Å². The maximum absolute atomic E-state index is 11.6. The lowest BCUT2D eigenvalue weighted by Gasteiger charge is -2.35. The number of nitrogens with two attached hydrogens (primary N) is 2. The van der Waals surface area contributed by atoms with E-state index in [-0.39, 0.29) is 30.3 Å². The normalized spacial score (nSPS) is 17.9. The zero-order valence-electron chi connectivity index (χ0n) is 10.0. The van der Waals surface area contributed by atoms with Crippen LogP contribution in [-0.2, 0) is 9.59 Å². The Morgan fingerprint density at radius 2 is 1.76 bits per heavy atom. The van der Waals surface area contributed by atoms with E-state index in [0.29, 0.717) is 13.0 Å². The minimum absolute atomic E-state index is 0. The van der Waals surface area contributed by atoms with E-state index in [1.165, 1.54) is 6.42 Å². The number of carbonyl (C=O) groups excluding carboxylic acids is 2. The maximum Gasteiger partial charge on any atom is 0.236 e. The Labute approximate surface area is 108 Å². The largest absolute Gasteiger partial charge is 0.368 e. The molecule has 0 aromatic heterocycles. The first-order chi connectivity index (χ1) is 7.58. The number of hydrogen-bond acceptors (Lipinski definition) is 3. The van der Waals surface area contributed by atoms with Crippen LogP contribution in [0.5, 0.6) is 0 Å². The third kappa shape index (κ3) is 5.37. The quantitative estimate of drug-likeness (QED) is 0.666. The zero-order chi connectivity index (χ0) is 12.0. The summed E-state index contributed by atoms with van der Waals surface area (Å²) in [5, 5.41) is 2.52. The highest BCUT2D eigenvalue weighted by atomic mass is 35.5. The van der Waals surface area contributed by atoms with Gasteiger partial charge in [-0.1, -0.05) is 19.3 Å². The topological polar surface area (TPSA) is 98.2 Å². The summed E-state index contributed by atoms with van der Waals surface area (Å²) in [5.41, 5.74) is 10.7. The standard InChI is InChI=1S/C11H21N3O2.ClH/c12-8-11(4-2-1-3-5-11)6-10(16)14-7-9(13)15;/h1-8,12H2,(H2,13,15)(H,14,16);1H. The summed E-state index contributed by atoms with van der Waals surface area (Å²) in [5.74, 6) is -0.634. The van der Waals surface area contributed by atoms with Gasteiger partial charge in [0, 0.05) is 6.42 Å². The van der Waals surface area contributed by atoms with Crippen LogP contribution in [0.1, 0.15) is 38.5 Å². The van der Waals surface area contributed by atoms with Gasteiger partial charge < -0.3 is 16.8 Å². The molecule has 0 aliphatic heterocycles. The van der Waals surface area contributed by atoms with Crippen molar-refractivity contribution in [2.45, 2.75) is 38.5 Å². The van der Waals surface area contributed by atoms with Crippen molar-refractivity contribution in [3.05, 3.63) is 0 Å². The minimum atomic E-state index is -0.515. The summed E-state index contributed by atoms with van der Waals surface area (Å²) >= 11 is 0. The van der Waals surface area contributed by atoms with Gasteiger partial charge in [0.25, 0.3) is 0 Å². The van der Waals surface area contributed by atoms with Crippen molar-refractivity contribution in [3.63, 3.8) is 0 Å². The molecule has 0 bridgehead atoms. The van der Waals surface area contributed by atoms with Crippen LogP contribution in [0, 0.1) is 5.41 Å². The number of rotatable bonds is 5. The van der Waals surface area contributed by atoms with E-state index < -0.39 is 5.91 Å². The molecular formula is C11H22ClN3O2. The molecule has 17 heavy (non-hydrogen) atoms. The smallest absolute Gasteiger partial charge is 0.236 e. The predicted molar refractivity (Wildman–Crippen MR) is 68.6 cm³/mol. The molecule has 0 aromatic rings. The van der Waals surface area contributed by atoms with E-state index in [1.807, 2.05) is 0 Å². The lowest BCUT2D eigenvalue weighted by molar-refractivity contribution is -0.126. The number of nitrogens with one attached hydrogen (secondary N) is 1. The maximum atomic E-state index is 11.6. The second-order valence-corrected chi connectivity index (χ2v) is 4.68. The predicted octanol–water partition coefficient (Wildman–Crippen LogP) is 0.309. The number of amides is 2. The highest BCUT2D eigenvalue weighted by molar-refractivity contribution is 5.85. The second kappa shape index (κ2) is 7.50. The molecule has 0 saturated heterocycles. The van der Waals surface area contributed by atoms with Crippen LogP contribution in [-0.4, -0.2) is 24.9 Å². The molecule has 1 aliphatic carbocycles. The van der Waals surface area contributed by atoms with Crippen molar-refractivity contribution in [1.29, 1.82) is 0 Å². The van der Waals surface area contributed by atoms with E-state index in [0.717, 1.165) is 25.7 Å². The van der Waals surface area contributed by atoms with Crippen LogP contribution in [0.4, 0.5) is 0 Å². The van der Waals surface area contributed by atoms with Crippen molar-refractivity contribution in [1.82, 2.24) is 5.32 Å². The molecule has 1 aliphatic rings. The number of primary amides is 1. The van der Waals surface area contributed by atoms with Gasteiger partial charge in [-0.05, 0) is 24.8 Å². The molecule has 0 aromatic carbocycles. The van der Waals surface area contributed by atoms with Gasteiger partial charge in [0.15, 0.2) is 0 Å². The van der Waals surface area contributed by atoms with Gasteiger partial charge in [-0.2, -0.15) is 0 Å². The summed E-state index contributed by atoms with van der Waals surface area (Å²) < 4.78 is 0. The lowest BCUT2D eigenvalue weighted by Crippen LogP contribution is -2.40. The van der Waals surface area contributed by atoms with Crippen molar-refractivity contribution in [2.24, 2.45) is 16.9 Å². The fourth-order valence-corrected chi connectivity index (χ4v) is 2.34. The van der Waals surface area contributed by atoms with Crippen LogP contribution < -0.4 is 16.8 Å². The number of halogens is 1. The van der Waals surface area contributed by atoms with E-state index in [2.05, 4.69) is 5.32 Å². The van der Waals surface area contributed by atoms with Gasteiger partial charge in [-0.25, -0.2) is 0 Å². The van der Waals surface area contributed by atoms with Crippen LogP contribution in [0.3, 0.4) is 0 Å². The SMILES string of the molecule is Cl.NCC1(CC(=O)NCC(N)=O)CCCCC1. The van der Waals surface area contributed by atoms with Gasteiger partial charge in [0.2, 0.25) is 11.8 Å². The number of carbonyl (C=O) groups is 2. The summed E-state index contributed by atoms with van der Waals surface area (Å²) in [4.78, 5) is 22.1. The first-order valence-electron chi connectivity index (χ1n) is 5.83. The summed E-state index contributed by atoms with van der Waals surface area (Å²) in [6, 6.07) is 0. The van der Waals surface area contributed by atoms with Crippen molar-refractivity contribution >= 4 is 24.2 Å². The molecule has 100 valence electrons. The van der Waals surface area contributed by atoms with Gasteiger partial charge in [-0.3, -0.25) is 9.59 Å². The average molecular weight is 264 g/mol. The minimum Gasteiger partial charge on any atom is -0.368 e. The fraction of sp³-hybridized carbons (Fsp3) is 0.818. The second-order valence-electron chi connectivity index (χ2n) is 4.68. The molecular weight excluding hydrogens is 242 g/mol. The zero-order valence-corrected chi connectivity index (χ0v) is 10.9. The Hall–Kier alpha value is -0.810. The molecule has 1 fully saturated rings. The lowest BCUT2D eigenvalue weighted by atomic mass is 9.71. The van der Waals surface area contributed by atoms with Gasteiger partial charge >= 0.3 is 0 Å². The molecule has 1 saturated carbocycles. The Kier molecular flexibility index (Phi) is 7.15. The average Bonchev–Trinajstić information content (AvgIpc) is 2.28. The van der Waals surface area contributed by atoms with Crippen LogP contribution in [0.25, 0.3) is 0 Å². The van der Waals surface area contributed by atoms with Crippen LogP contribution in [0.2, 0.25) is 0 Å². The highest BCUT2D eigenvalue weighted by Gasteiger charge is 2.32. The molecule has 5 N–H and O–H groups in total. The van der Waals surface area contributed by atoms with E-state index in [9.17, 15) is 9.59 Å². The first kappa shape index (κ1) is 16.2. The first-order valence-corrected chi connectivity index (χ1v) is 5.83. The van der Waals surface area contributed by atoms with Crippen LogP contribution in [0.15, 0.2) is 0 Å². The Bertz CT molecular complexity index is 265. The van der Waals surface area contributed by atoms with Crippen molar-refractivity contribution in [2.75, 3.05) is 13.1 Å². The molecule has 5 nitrogen and oxygen atoms in total. The molecule has 0 radical (unpaired) electrons. The third-order valence-electron chi connectivity index (χ3n) is 3.34. The Balaban J connectivity index is 0.00000256. The molecule has 2 amide bonds. The molecule has 0 heterocycles. The van der Waals surface area contributed by atoms with Gasteiger partial charge in [0.1, 0.15) is 0 Å². The fourth-order valence-electron chi connectivity index (χ4n) is 2.34. The van der Waals surface area contributed by atoms with E-state index in [4.69, 9.17) is 11.5 Å². The molecule has 0 spiro atoms. The number of hydrogen-bond donors (Lipinski definition) is 3. The van der Waals surface area contributed by atoms with E-state index in [1.54, 1.807) is 0 Å². The van der Waals surface area contributed by atoms with Gasteiger partial charge in [0.05, 0.1) is 6.54 Å². The molecule has 1 rings (SSSR count). The monoisotopic (exact) mass is 263 g/mol. The van der Waals surface area contributed by atoms with Crippen LogP contribution >= 0.6 is 12.4 Å². The Morgan fingerprint density at radius 3 is 2.24 bits per heavy atom. The Morgan fingerprint density at radius 1 is 1.18 bits per heavy atom. The molecule has 0 atom stereocenters. The summed E-state index contributed by atoms with van der Waals surface area (Å²) in [6.45, 7) is 0.455. The van der Waals surface area contributed by atoms with Crippen molar-refractivity contribution in [3.8, 4) is 0 Å². The third-order valence-corrected chi connectivity index (χ3v) is 3.34. The summed E-state index contributed by atoms with van der Waals surface area (Å²) in [6.07, 6.45) is 5.93. The summed E-state index contributed by atoms with van der Waals surface area (Å²) in [7, 11) is 0. The van der Waals surface area contributed by atoms with E-state index >= 15 is 0 Å².